The molecular formula is C10H12O2. The van der Waals surface area contributed by atoms with E-state index in [9.17, 15) is 4.79 Å². The zero-order valence-electron chi connectivity index (χ0n) is 7.95. The molecule has 0 saturated carbocycles. The van der Waals surface area contributed by atoms with E-state index < -0.39 is 11.9 Å². The predicted molar refractivity (Wildman–Crippen MR) is 46.9 cm³/mol. The topological polar surface area (TPSA) is 37.3 Å². The highest BCUT2D eigenvalue weighted by Gasteiger charge is 2.10. The number of carboxylic acids is 1. The molecule has 0 aliphatic heterocycles. The van der Waals surface area contributed by atoms with Crippen molar-refractivity contribution >= 4 is 5.97 Å². The Morgan fingerprint density at radius 2 is 2.17 bits per heavy atom. The van der Waals surface area contributed by atoms with Crippen molar-refractivity contribution in [3.8, 4) is 0 Å². The largest absolute Gasteiger partial charge is 0.481 e. The van der Waals surface area contributed by atoms with Crippen molar-refractivity contribution in [2.24, 2.45) is 5.89 Å². The van der Waals surface area contributed by atoms with Crippen LogP contribution in [0.1, 0.15) is 13.9 Å². The summed E-state index contributed by atoms with van der Waals surface area (Å²) in [5.41, 5.74) is 0.877. The molecule has 0 saturated heterocycles. The molecule has 1 aromatic rings. The summed E-state index contributed by atoms with van der Waals surface area (Å²) in [6.45, 7) is 1.41. The fourth-order valence-corrected chi connectivity index (χ4v) is 0.978. The third kappa shape index (κ3) is 2.38. The van der Waals surface area contributed by atoms with Gasteiger partial charge in [0.15, 0.2) is 0 Å². The third-order valence-corrected chi connectivity index (χ3v) is 1.68. The van der Waals surface area contributed by atoms with Gasteiger partial charge in [-0.3, -0.25) is 4.79 Å². The highest BCUT2D eigenvalue weighted by Crippen LogP contribution is 2.07. The zero-order valence-corrected chi connectivity index (χ0v) is 6.95. The van der Waals surface area contributed by atoms with Gasteiger partial charge in [0.1, 0.15) is 0 Å². The Hall–Kier alpha value is -1.31. The summed E-state index contributed by atoms with van der Waals surface area (Å²) in [4.78, 5) is 10.6. The first kappa shape index (κ1) is 7.35. The lowest BCUT2D eigenvalue weighted by Gasteiger charge is -2.04. The molecule has 0 aliphatic rings. The first-order valence-corrected chi connectivity index (χ1v) is 3.80. The first-order chi connectivity index (χ1) is 6.02. The molecule has 0 radical (unpaired) electrons. The van der Waals surface area contributed by atoms with E-state index in [-0.39, 0.29) is 6.42 Å². The van der Waals surface area contributed by atoms with Gasteiger partial charge in [0.05, 0.1) is 5.89 Å². The van der Waals surface area contributed by atoms with Crippen LogP contribution >= 0.6 is 0 Å². The second kappa shape index (κ2) is 3.90. The highest BCUT2D eigenvalue weighted by atomic mass is 16.4. The van der Waals surface area contributed by atoms with Crippen LogP contribution in [0, 0.1) is 5.89 Å². The molecule has 0 aliphatic carbocycles. The summed E-state index contributed by atoms with van der Waals surface area (Å²) in [6.07, 6.45) is 0.239. The minimum atomic E-state index is -1.43. The Kier molecular flexibility index (Phi) is 2.39. The minimum Gasteiger partial charge on any atom is -0.481 e. The number of carboxylic acid groups (broad SMARTS) is 1. The van der Waals surface area contributed by atoms with E-state index in [1.165, 1.54) is 6.92 Å². The van der Waals surface area contributed by atoms with E-state index in [4.69, 9.17) is 6.48 Å². The molecule has 64 valence electrons. The van der Waals surface area contributed by atoms with Crippen LogP contribution < -0.4 is 0 Å². The maximum absolute atomic E-state index is 10.6. The van der Waals surface area contributed by atoms with Gasteiger partial charge in [-0.15, -0.1) is 0 Å². The van der Waals surface area contributed by atoms with E-state index in [0.717, 1.165) is 5.56 Å². The van der Waals surface area contributed by atoms with Gasteiger partial charge < -0.3 is 5.11 Å². The molecule has 1 atom stereocenters. The molecule has 0 fully saturated rings. The molecule has 1 N–H and O–H groups in total. The normalized spacial score (nSPS) is 16.2. The molecule has 1 aromatic carbocycles. The Morgan fingerprint density at radius 1 is 1.58 bits per heavy atom. The third-order valence-electron chi connectivity index (χ3n) is 1.68. The van der Waals surface area contributed by atoms with Gasteiger partial charge >= 0.3 is 5.97 Å². The van der Waals surface area contributed by atoms with Gasteiger partial charge in [0, 0.05) is 1.37 Å². The Bertz CT molecular complexity index is 293. The molecule has 0 bridgehead atoms. The standard InChI is InChI=1S/C10H12O2/c1-8(10(11)12)7-9-5-3-2-4-6-9/h2-6,8H,7H2,1H3,(H,11,12)/t8-/m0/s1/i8D. The Balaban J connectivity index is 2.75. The van der Waals surface area contributed by atoms with Crippen molar-refractivity contribution in [3.63, 3.8) is 0 Å². The van der Waals surface area contributed by atoms with Gasteiger partial charge in [0.25, 0.3) is 0 Å². The van der Waals surface area contributed by atoms with E-state index in [1.807, 2.05) is 30.3 Å². The SMILES string of the molecule is [2H][C@](C)(Cc1ccccc1)C(=O)O. The molecule has 2 nitrogen and oxygen atoms in total. The molecule has 1 rings (SSSR count). The smallest absolute Gasteiger partial charge is 0.306 e. The van der Waals surface area contributed by atoms with Crippen LogP contribution in [0.25, 0.3) is 0 Å². The summed E-state index contributed by atoms with van der Waals surface area (Å²) < 4.78 is 7.52. The maximum Gasteiger partial charge on any atom is 0.306 e. The van der Waals surface area contributed by atoms with Crippen LogP contribution in [0.3, 0.4) is 0 Å². The average molecular weight is 165 g/mol. The monoisotopic (exact) mass is 165 g/mol. The quantitative estimate of drug-likeness (QED) is 0.743. The summed E-state index contributed by atoms with van der Waals surface area (Å²) in [5, 5.41) is 8.72. The number of hydrogen-bond donors (Lipinski definition) is 1. The number of carbonyl (C=O) groups is 1. The van der Waals surface area contributed by atoms with Crippen molar-refractivity contribution in [1.29, 1.82) is 0 Å². The van der Waals surface area contributed by atoms with Crippen molar-refractivity contribution < 1.29 is 11.3 Å². The van der Waals surface area contributed by atoms with Gasteiger partial charge in [-0.2, -0.15) is 0 Å². The first-order valence-electron chi connectivity index (χ1n) is 4.30. The van der Waals surface area contributed by atoms with Crippen molar-refractivity contribution in [3.05, 3.63) is 35.9 Å². The van der Waals surface area contributed by atoms with E-state index >= 15 is 0 Å². The molecule has 0 aromatic heterocycles. The van der Waals surface area contributed by atoms with E-state index in [0.29, 0.717) is 0 Å². The molecule has 0 heterocycles. The highest BCUT2D eigenvalue weighted by molar-refractivity contribution is 5.69. The van der Waals surface area contributed by atoms with Gasteiger partial charge in [-0.25, -0.2) is 0 Å². The summed E-state index contributed by atoms with van der Waals surface area (Å²) in [5.74, 6) is -2.52. The number of hydrogen-bond acceptors (Lipinski definition) is 1. The zero-order chi connectivity index (χ0) is 9.90. The molecule has 0 spiro atoms. The number of benzene rings is 1. The van der Waals surface area contributed by atoms with Crippen LogP contribution in [0.5, 0.6) is 0 Å². The molecule has 12 heavy (non-hydrogen) atoms. The van der Waals surface area contributed by atoms with Gasteiger partial charge in [-0.05, 0) is 12.0 Å². The van der Waals surface area contributed by atoms with Crippen molar-refractivity contribution in [2.45, 2.75) is 13.3 Å². The Labute approximate surface area is 73.3 Å². The molecule has 0 unspecified atom stereocenters. The predicted octanol–water partition coefficient (Wildman–Crippen LogP) is 1.95. The fourth-order valence-electron chi connectivity index (χ4n) is 0.978. The summed E-state index contributed by atoms with van der Waals surface area (Å²) in [7, 11) is 0. The second-order valence-corrected chi connectivity index (χ2v) is 2.75. The molecule has 2 heteroatoms. The fraction of sp³-hybridized carbons (Fsp3) is 0.300. The lowest BCUT2D eigenvalue weighted by atomic mass is 10.0. The van der Waals surface area contributed by atoms with Crippen LogP contribution in [0.4, 0.5) is 0 Å². The van der Waals surface area contributed by atoms with Gasteiger partial charge in [0.2, 0.25) is 0 Å². The lowest BCUT2D eigenvalue weighted by molar-refractivity contribution is -0.141. The van der Waals surface area contributed by atoms with Gasteiger partial charge in [-0.1, -0.05) is 37.3 Å². The lowest BCUT2D eigenvalue weighted by Crippen LogP contribution is -2.11. The van der Waals surface area contributed by atoms with Crippen LogP contribution in [-0.4, -0.2) is 11.1 Å². The molecular weight excluding hydrogens is 152 g/mol. The van der Waals surface area contributed by atoms with Crippen LogP contribution in [-0.2, 0) is 11.2 Å². The van der Waals surface area contributed by atoms with Crippen molar-refractivity contribution in [1.82, 2.24) is 0 Å². The van der Waals surface area contributed by atoms with Crippen LogP contribution in [0.15, 0.2) is 30.3 Å². The number of rotatable bonds is 3. The Morgan fingerprint density at radius 3 is 2.67 bits per heavy atom. The average Bonchev–Trinajstić information content (AvgIpc) is 2.05. The summed E-state index contributed by atoms with van der Waals surface area (Å²) in [6, 6.07) is 9.21. The van der Waals surface area contributed by atoms with Crippen LogP contribution in [0.2, 0.25) is 0 Å². The maximum atomic E-state index is 10.6. The number of aliphatic carboxylic acids is 1. The summed E-state index contributed by atoms with van der Waals surface area (Å²) >= 11 is 0. The van der Waals surface area contributed by atoms with E-state index in [2.05, 4.69) is 0 Å². The second-order valence-electron chi connectivity index (χ2n) is 2.75. The van der Waals surface area contributed by atoms with E-state index in [1.54, 1.807) is 0 Å². The van der Waals surface area contributed by atoms with Crippen molar-refractivity contribution in [2.75, 3.05) is 0 Å². The molecule has 0 amide bonds. The minimum absolute atomic E-state index is 0.239.